The lowest BCUT2D eigenvalue weighted by Crippen LogP contribution is -2.13. The van der Waals surface area contributed by atoms with Gasteiger partial charge in [0.05, 0.1) is 13.5 Å². The Morgan fingerprint density at radius 3 is 2.79 bits per heavy atom. The normalized spacial score (nSPS) is 16.2. The molecule has 0 amide bonds. The third-order valence-electron chi connectivity index (χ3n) is 3.67. The van der Waals surface area contributed by atoms with Crippen molar-refractivity contribution in [2.24, 2.45) is 5.41 Å². The molecule has 2 nitrogen and oxygen atoms in total. The second-order valence-corrected chi connectivity index (χ2v) is 6.30. The number of hydrogen-bond acceptors (Lipinski definition) is 3. The van der Waals surface area contributed by atoms with Crippen LogP contribution in [0.3, 0.4) is 0 Å². The second-order valence-electron chi connectivity index (χ2n) is 5.32. The van der Waals surface area contributed by atoms with Crippen molar-refractivity contribution in [1.29, 1.82) is 0 Å². The highest BCUT2D eigenvalue weighted by molar-refractivity contribution is 7.98. The van der Waals surface area contributed by atoms with Crippen LogP contribution in [0.15, 0.2) is 18.2 Å². The number of hydrogen-bond donors (Lipinski definition) is 0. The third kappa shape index (κ3) is 3.96. The van der Waals surface area contributed by atoms with Crippen molar-refractivity contribution in [2.45, 2.75) is 31.9 Å². The number of halogens is 1. The van der Waals surface area contributed by atoms with Gasteiger partial charge in [-0.05, 0) is 54.2 Å². The number of thioether (sulfide) groups is 1. The first kappa shape index (κ1) is 14.4. The molecule has 0 unspecified atom stereocenters. The Bertz CT molecular complexity index is 469. The minimum Gasteiger partial charge on any atom is -0.469 e. The number of benzene rings is 1. The maximum Gasteiger partial charge on any atom is 0.306 e. The SMILES string of the molecule is COC(=O)CC1(CSCc2ccc(F)cc2C)CC1. The Hall–Kier alpha value is -1.03. The van der Waals surface area contributed by atoms with Crippen LogP contribution in [0, 0.1) is 18.2 Å². The molecule has 4 heteroatoms. The van der Waals surface area contributed by atoms with Crippen LogP contribution in [-0.2, 0) is 15.3 Å². The zero-order valence-corrected chi connectivity index (χ0v) is 12.2. The molecule has 0 aliphatic heterocycles. The average molecular weight is 282 g/mol. The number of carbonyl (C=O) groups excluding carboxylic acids is 1. The predicted octanol–water partition coefficient (Wildman–Crippen LogP) is 3.71. The molecule has 1 fully saturated rings. The van der Waals surface area contributed by atoms with E-state index in [0.717, 1.165) is 29.9 Å². The Morgan fingerprint density at radius 2 is 2.21 bits per heavy atom. The Kier molecular flexibility index (Phi) is 4.50. The molecule has 2 rings (SSSR count). The number of aryl methyl sites for hydroxylation is 1. The van der Waals surface area contributed by atoms with E-state index < -0.39 is 0 Å². The van der Waals surface area contributed by atoms with Gasteiger partial charge >= 0.3 is 5.97 Å². The number of ether oxygens (including phenoxy) is 1. The molecule has 0 atom stereocenters. The highest BCUT2D eigenvalue weighted by Gasteiger charge is 2.44. The first-order chi connectivity index (χ1) is 9.04. The van der Waals surface area contributed by atoms with Crippen molar-refractivity contribution in [3.05, 3.63) is 35.1 Å². The molecule has 1 aliphatic carbocycles. The third-order valence-corrected chi connectivity index (χ3v) is 5.01. The first-order valence-corrected chi connectivity index (χ1v) is 7.60. The van der Waals surface area contributed by atoms with Gasteiger partial charge in [0.1, 0.15) is 5.82 Å². The Balaban J connectivity index is 1.82. The van der Waals surface area contributed by atoms with Crippen LogP contribution in [0.2, 0.25) is 0 Å². The van der Waals surface area contributed by atoms with Gasteiger partial charge in [-0.2, -0.15) is 11.8 Å². The van der Waals surface area contributed by atoms with Gasteiger partial charge in [-0.15, -0.1) is 0 Å². The Morgan fingerprint density at radius 1 is 1.47 bits per heavy atom. The van der Waals surface area contributed by atoms with E-state index in [1.807, 2.05) is 24.8 Å². The van der Waals surface area contributed by atoms with Crippen LogP contribution < -0.4 is 0 Å². The van der Waals surface area contributed by atoms with Crippen molar-refractivity contribution in [3.63, 3.8) is 0 Å². The van der Waals surface area contributed by atoms with Crippen molar-refractivity contribution in [3.8, 4) is 0 Å². The standard InChI is InChI=1S/C15H19FO2S/c1-11-7-13(16)4-3-12(11)9-19-10-15(5-6-15)8-14(17)18-2/h3-4,7H,5-6,8-10H2,1-2H3. The molecule has 0 N–H and O–H groups in total. The molecule has 0 aromatic heterocycles. The summed E-state index contributed by atoms with van der Waals surface area (Å²) in [4.78, 5) is 11.3. The summed E-state index contributed by atoms with van der Waals surface area (Å²) < 4.78 is 17.7. The number of methoxy groups -OCH3 is 1. The topological polar surface area (TPSA) is 26.3 Å². The quantitative estimate of drug-likeness (QED) is 0.744. The summed E-state index contributed by atoms with van der Waals surface area (Å²) in [5.74, 6) is 1.54. The zero-order chi connectivity index (χ0) is 13.9. The molecule has 1 aromatic carbocycles. The van der Waals surface area contributed by atoms with Gasteiger partial charge in [0, 0.05) is 5.75 Å². The molecule has 0 radical (unpaired) electrons. The fourth-order valence-electron chi connectivity index (χ4n) is 2.13. The fraction of sp³-hybridized carbons (Fsp3) is 0.533. The summed E-state index contributed by atoms with van der Waals surface area (Å²) in [5.41, 5.74) is 2.32. The maximum atomic E-state index is 13.0. The van der Waals surface area contributed by atoms with Gasteiger partial charge in [0.25, 0.3) is 0 Å². The van der Waals surface area contributed by atoms with Crippen molar-refractivity contribution >= 4 is 17.7 Å². The van der Waals surface area contributed by atoms with E-state index in [2.05, 4.69) is 0 Å². The van der Waals surface area contributed by atoms with Gasteiger partial charge in [-0.3, -0.25) is 4.79 Å². The van der Waals surface area contributed by atoms with E-state index in [9.17, 15) is 9.18 Å². The minimum atomic E-state index is -0.185. The fourth-order valence-corrected chi connectivity index (χ4v) is 3.60. The van der Waals surface area contributed by atoms with Crippen LogP contribution in [0.25, 0.3) is 0 Å². The van der Waals surface area contributed by atoms with Crippen LogP contribution in [0.1, 0.15) is 30.4 Å². The highest BCUT2D eigenvalue weighted by atomic mass is 32.2. The van der Waals surface area contributed by atoms with Crippen LogP contribution in [-0.4, -0.2) is 18.8 Å². The average Bonchev–Trinajstić information content (AvgIpc) is 3.12. The smallest absolute Gasteiger partial charge is 0.306 e. The molecule has 0 bridgehead atoms. The molecular weight excluding hydrogens is 263 g/mol. The molecule has 19 heavy (non-hydrogen) atoms. The summed E-state index contributed by atoms with van der Waals surface area (Å²) in [7, 11) is 1.44. The molecule has 1 saturated carbocycles. The summed E-state index contributed by atoms with van der Waals surface area (Å²) in [6.07, 6.45) is 2.74. The number of esters is 1. The summed E-state index contributed by atoms with van der Waals surface area (Å²) in [6.45, 7) is 1.93. The van der Waals surface area contributed by atoms with Crippen molar-refractivity contribution in [1.82, 2.24) is 0 Å². The predicted molar refractivity (Wildman–Crippen MR) is 75.6 cm³/mol. The highest BCUT2D eigenvalue weighted by Crippen LogP contribution is 2.51. The molecule has 1 aliphatic rings. The molecular formula is C15H19FO2S. The minimum absolute atomic E-state index is 0.115. The molecule has 104 valence electrons. The van der Waals surface area contributed by atoms with E-state index in [0.29, 0.717) is 6.42 Å². The molecule has 0 heterocycles. The van der Waals surface area contributed by atoms with Crippen LogP contribution in [0.4, 0.5) is 4.39 Å². The van der Waals surface area contributed by atoms with Gasteiger partial charge in [0.2, 0.25) is 0 Å². The lowest BCUT2D eigenvalue weighted by Gasteiger charge is -2.13. The number of rotatable bonds is 6. The van der Waals surface area contributed by atoms with E-state index in [1.54, 1.807) is 6.07 Å². The van der Waals surface area contributed by atoms with Crippen molar-refractivity contribution in [2.75, 3.05) is 12.9 Å². The van der Waals surface area contributed by atoms with Gasteiger partial charge in [0.15, 0.2) is 0 Å². The van der Waals surface area contributed by atoms with E-state index in [1.165, 1.54) is 18.7 Å². The summed E-state index contributed by atoms with van der Waals surface area (Å²) >= 11 is 1.82. The van der Waals surface area contributed by atoms with Gasteiger partial charge in [-0.1, -0.05) is 6.07 Å². The van der Waals surface area contributed by atoms with Crippen LogP contribution >= 0.6 is 11.8 Å². The Labute approximate surface area is 117 Å². The lowest BCUT2D eigenvalue weighted by molar-refractivity contribution is -0.141. The van der Waals surface area contributed by atoms with Crippen LogP contribution in [0.5, 0.6) is 0 Å². The van der Waals surface area contributed by atoms with Crippen molar-refractivity contribution < 1.29 is 13.9 Å². The van der Waals surface area contributed by atoms with E-state index >= 15 is 0 Å². The number of carbonyl (C=O) groups is 1. The monoisotopic (exact) mass is 282 g/mol. The second kappa shape index (κ2) is 5.95. The molecule has 0 spiro atoms. The first-order valence-electron chi connectivity index (χ1n) is 6.44. The lowest BCUT2D eigenvalue weighted by atomic mass is 10.1. The van der Waals surface area contributed by atoms with Gasteiger partial charge < -0.3 is 4.74 Å². The maximum absolute atomic E-state index is 13.0. The molecule has 0 saturated heterocycles. The summed E-state index contributed by atoms with van der Waals surface area (Å²) in [5, 5.41) is 0. The van der Waals surface area contributed by atoms with E-state index in [4.69, 9.17) is 4.74 Å². The summed E-state index contributed by atoms with van der Waals surface area (Å²) in [6, 6.07) is 4.92. The van der Waals surface area contributed by atoms with Gasteiger partial charge in [-0.25, -0.2) is 4.39 Å². The zero-order valence-electron chi connectivity index (χ0n) is 11.4. The molecule has 1 aromatic rings. The van der Waals surface area contributed by atoms with E-state index in [-0.39, 0.29) is 17.2 Å². The largest absolute Gasteiger partial charge is 0.469 e.